The monoisotopic (exact) mass is 246 g/mol. The zero-order valence-electron chi connectivity index (χ0n) is 11.1. The molecule has 18 heavy (non-hydrogen) atoms. The van der Waals surface area contributed by atoms with Gasteiger partial charge in [0.05, 0.1) is 5.69 Å². The lowest BCUT2D eigenvalue weighted by molar-refractivity contribution is 0.454. The van der Waals surface area contributed by atoms with Crippen LogP contribution >= 0.6 is 0 Å². The van der Waals surface area contributed by atoms with Crippen molar-refractivity contribution in [1.29, 1.82) is 0 Å². The van der Waals surface area contributed by atoms with E-state index in [0.29, 0.717) is 12.1 Å². The predicted octanol–water partition coefficient (Wildman–Crippen LogP) is 2.43. The number of aryl methyl sites for hydroxylation is 1. The average molecular weight is 246 g/mol. The zero-order valence-corrected chi connectivity index (χ0v) is 11.1. The van der Waals surface area contributed by atoms with Crippen molar-refractivity contribution in [1.82, 2.24) is 15.3 Å². The Morgan fingerprint density at radius 2 is 2.22 bits per heavy atom. The van der Waals surface area contributed by atoms with E-state index >= 15 is 0 Å². The Morgan fingerprint density at radius 1 is 1.33 bits per heavy atom. The maximum absolute atomic E-state index is 4.69. The van der Waals surface area contributed by atoms with Crippen LogP contribution in [0.15, 0.2) is 6.20 Å². The predicted molar refractivity (Wildman–Crippen MR) is 72.6 cm³/mol. The molecule has 3 rings (SSSR count). The van der Waals surface area contributed by atoms with Gasteiger partial charge in [0.1, 0.15) is 0 Å². The summed E-state index contributed by atoms with van der Waals surface area (Å²) in [5.41, 5.74) is 2.56. The third-order valence-corrected chi connectivity index (χ3v) is 3.73. The highest BCUT2D eigenvalue weighted by Gasteiger charge is 2.24. The Labute approximate surface area is 109 Å². The second-order valence-corrected chi connectivity index (χ2v) is 5.41. The van der Waals surface area contributed by atoms with Gasteiger partial charge in [0, 0.05) is 23.8 Å². The average Bonchev–Trinajstić information content (AvgIpc) is 3.20. The van der Waals surface area contributed by atoms with Crippen LogP contribution in [-0.4, -0.2) is 22.6 Å². The summed E-state index contributed by atoms with van der Waals surface area (Å²) >= 11 is 0. The smallest absolute Gasteiger partial charge is 0.223 e. The second-order valence-electron chi connectivity index (χ2n) is 5.41. The summed E-state index contributed by atoms with van der Waals surface area (Å²) in [6.45, 7) is 3.28. The van der Waals surface area contributed by atoms with E-state index in [9.17, 15) is 0 Å². The molecule has 1 aromatic heterocycles. The molecule has 0 aliphatic heterocycles. The number of nitrogens with zero attached hydrogens (tertiary/aromatic N) is 2. The van der Waals surface area contributed by atoms with Gasteiger partial charge in [-0.2, -0.15) is 0 Å². The molecule has 2 aliphatic rings. The van der Waals surface area contributed by atoms with E-state index in [1.807, 2.05) is 6.20 Å². The van der Waals surface area contributed by atoms with Crippen molar-refractivity contribution in [2.45, 2.75) is 57.5 Å². The number of nitrogens with one attached hydrogen (secondary N) is 2. The van der Waals surface area contributed by atoms with Gasteiger partial charge in [-0.05, 0) is 45.1 Å². The van der Waals surface area contributed by atoms with Crippen LogP contribution in [-0.2, 0) is 6.42 Å². The lowest BCUT2D eigenvalue weighted by Gasteiger charge is -2.25. The van der Waals surface area contributed by atoms with Crippen LogP contribution in [0.5, 0.6) is 0 Å². The zero-order chi connectivity index (χ0) is 12.4. The topological polar surface area (TPSA) is 49.8 Å². The molecule has 2 N–H and O–H groups in total. The van der Waals surface area contributed by atoms with Gasteiger partial charge in [0.15, 0.2) is 0 Å². The molecule has 0 saturated heterocycles. The third kappa shape index (κ3) is 2.64. The summed E-state index contributed by atoms with van der Waals surface area (Å²) in [7, 11) is 0. The van der Waals surface area contributed by atoms with Crippen molar-refractivity contribution in [2.24, 2.45) is 0 Å². The highest BCUT2D eigenvalue weighted by Crippen LogP contribution is 2.29. The molecular formula is C14H22N4. The molecule has 4 nitrogen and oxygen atoms in total. The van der Waals surface area contributed by atoms with Crippen LogP contribution in [0.3, 0.4) is 0 Å². The normalized spacial score (nSPS) is 22.6. The maximum Gasteiger partial charge on any atom is 0.223 e. The van der Waals surface area contributed by atoms with Gasteiger partial charge in [0.2, 0.25) is 5.95 Å². The summed E-state index contributed by atoms with van der Waals surface area (Å²) in [4.78, 5) is 9.16. The molecule has 0 aromatic carbocycles. The molecule has 0 bridgehead atoms. The molecule has 0 radical (unpaired) electrons. The maximum atomic E-state index is 4.69. The molecule has 1 heterocycles. The van der Waals surface area contributed by atoms with E-state index < -0.39 is 0 Å². The number of aromatic nitrogens is 2. The van der Waals surface area contributed by atoms with Gasteiger partial charge in [-0.1, -0.05) is 6.92 Å². The molecule has 0 amide bonds. The fourth-order valence-corrected chi connectivity index (χ4v) is 2.56. The first kappa shape index (κ1) is 11.9. The van der Waals surface area contributed by atoms with E-state index in [2.05, 4.69) is 27.5 Å². The minimum Gasteiger partial charge on any atom is -0.351 e. The van der Waals surface area contributed by atoms with E-state index in [0.717, 1.165) is 18.9 Å². The molecule has 98 valence electrons. The largest absolute Gasteiger partial charge is 0.351 e. The van der Waals surface area contributed by atoms with Crippen molar-refractivity contribution in [2.75, 3.05) is 11.9 Å². The minimum atomic E-state index is 0.462. The van der Waals surface area contributed by atoms with Gasteiger partial charge < -0.3 is 10.6 Å². The van der Waals surface area contributed by atoms with Crippen molar-refractivity contribution in [3.05, 3.63) is 17.5 Å². The van der Waals surface area contributed by atoms with Crippen LogP contribution in [0, 0.1) is 0 Å². The van der Waals surface area contributed by atoms with Crippen molar-refractivity contribution >= 4 is 5.95 Å². The molecule has 1 unspecified atom stereocenters. The highest BCUT2D eigenvalue weighted by atomic mass is 15.1. The molecule has 1 saturated carbocycles. The summed E-state index contributed by atoms with van der Waals surface area (Å²) in [5, 5.41) is 6.98. The number of hydrogen-bond donors (Lipinski definition) is 2. The quantitative estimate of drug-likeness (QED) is 0.837. The van der Waals surface area contributed by atoms with E-state index in [-0.39, 0.29) is 0 Å². The van der Waals surface area contributed by atoms with Crippen molar-refractivity contribution in [3.8, 4) is 0 Å². The summed E-state index contributed by atoms with van der Waals surface area (Å²) in [6, 6.07) is 1.09. The number of hydrogen-bond acceptors (Lipinski definition) is 4. The molecule has 0 spiro atoms. The minimum absolute atomic E-state index is 0.462. The molecule has 2 aliphatic carbocycles. The lowest BCUT2D eigenvalue weighted by Crippen LogP contribution is -2.27. The van der Waals surface area contributed by atoms with Gasteiger partial charge in [-0.3, -0.25) is 0 Å². The first-order valence-electron chi connectivity index (χ1n) is 7.22. The van der Waals surface area contributed by atoms with Crippen LogP contribution < -0.4 is 10.6 Å². The van der Waals surface area contributed by atoms with Crippen LogP contribution in [0.1, 0.15) is 56.3 Å². The van der Waals surface area contributed by atoms with Crippen molar-refractivity contribution in [3.63, 3.8) is 0 Å². The SMILES string of the molecule is CCCNC1CCCc2nc(NC3CC3)ncc21. The number of rotatable bonds is 5. The Bertz CT molecular complexity index is 414. The highest BCUT2D eigenvalue weighted by molar-refractivity contribution is 5.34. The van der Waals surface area contributed by atoms with Crippen molar-refractivity contribution < 1.29 is 0 Å². The van der Waals surface area contributed by atoms with Gasteiger partial charge in [0.25, 0.3) is 0 Å². The Balaban J connectivity index is 1.75. The molecule has 1 atom stereocenters. The van der Waals surface area contributed by atoms with Crippen LogP contribution in [0.4, 0.5) is 5.95 Å². The number of anilines is 1. The Kier molecular flexibility index (Phi) is 3.46. The van der Waals surface area contributed by atoms with Gasteiger partial charge >= 0.3 is 0 Å². The van der Waals surface area contributed by atoms with Gasteiger partial charge in [-0.25, -0.2) is 9.97 Å². The summed E-state index contributed by atoms with van der Waals surface area (Å²) in [5.74, 6) is 0.826. The molecule has 1 aromatic rings. The van der Waals surface area contributed by atoms with E-state index in [1.54, 1.807) is 0 Å². The summed E-state index contributed by atoms with van der Waals surface area (Å²) in [6.07, 6.45) is 9.28. The fraction of sp³-hybridized carbons (Fsp3) is 0.714. The molecule has 1 fully saturated rings. The lowest BCUT2D eigenvalue weighted by atomic mass is 9.92. The third-order valence-electron chi connectivity index (χ3n) is 3.73. The van der Waals surface area contributed by atoms with Crippen LogP contribution in [0.25, 0.3) is 0 Å². The molecule has 4 heteroatoms. The Hall–Kier alpha value is -1.16. The fourth-order valence-electron chi connectivity index (χ4n) is 2.56. The van der Waals surface area contributed by atoms with E-state index in [1.165, 1.54) is 43.4 Å². The summed E-state index contributed by atoms with van der Waals surface area (Å²) < 4.78 is 0. The first-order chi connectivity index (χ1) is 8.86. The van der Waals surface area contributed by atoms with Gasteiger partial charge in [-0.15, -0.1) is 0 Å². The Morgan fingerprint density at radius 3 is 3.00 bits per heavy atom. The van der Waals surface area contributed by atoms with Crippen LogP contribution in [0.2, 0.25) is 0 Å². The standard InChI is InChI=1S/C14H22N4/c1-2-8-15-12-4-3-5-13-11(12)9-16-14(18-13)17-10-6-7-10/h9-10,12,15H,2-8H2,1H3,(H,16,17,18). The second kappa shape index (κ2) is 5.22. The number of fused-ring (bicyclic) bond motifs is 1. The van der Waals surface area contributed by atoms with E-state index in [4.69, 9.17) is 0 Å². The first-order valence-corrected chi connectivity index (χ1v) is 7.22. The molecular weight excluding hydrogens is 224 g/mol.